The molecule has 0 aromatic carbocycles. The molecule has 0 saturated carbocycles. The number of nitrogens with zero attached hydrogens (tertiary/aromatic N) is 2. The number of amides is 1. The van der Waals surface area contributed by atoms with E-state index in [0.29, 0.717) is 22.6 Å². The SMILES string of the molecule is CCC(CC)CNC(=O)c1nnc(N)s1. The van der Waals surface area contributed by atoms with Gasteiger partial charge in [-0.25, -0.2) is 0 Å². The van der Waals surface area contributed by atoms with E-state index in [9.17, 15) is 4.79 Å². The molecule has 1 aromatic heterocycles. The molecule has 84 valence electrons. The van der Waals surface area contributed by atoms with Crippen molar-refractivity contribution in [2.24, 2.45) is 5.92 Å². The Bertz CT molecular complexity index is 322. The minimum absolute atomic E-state index is 0.184. The summed E-state index contributed by atoms with van der Waals surface area (Å²) in [4.78, 5) is 11.5. The van der Waals surface area contributed by atoms with Gasteiger partial charge in [0, 0.05) is 6.54 Å². The van der Waals surface area contributed by atoms with Gasteiger partial charge in [-0.2, -0.15) is 0 Å². The molecule has 0 aliphatic rings. The van der Waals surface area contributed by atoms with Gasteiger partial charge >= 0.3 is 0 Å². The van der Waals surface area contributed by atoms with Crippen LogP contribution in [-0.4, -0.2) is 22.6 Å². The van der Waals surface area contributed by atoms with Crippen LogP contribution in [0.5, 0.6) is 0 Å². The molecule has 0 unspecified atom stereocenters. The van der Waals surface area contributed by atoms with Crippen LogP contribution < -0.4 is 11.1 Å². The van der Waals surface area contributed by atoms with E-state index in [0.717, 1.165) is 24.2 Å². The van der Waals surface area contributed by atoms with Crippen LogP contribution >= 0.6 is 11.3 Å². The van der Waals surface area contributed by atoms with Gasteiger partial charge in [0.25, 0.3) is 5.91 Å². The predicted octanol–water partition coefficient (Wildman–Crippen LogP) is 1.29. The molecule has 0 aliphatic carbocycles. The first kappa shape index (κ1) is 11.9. The van der Waals surface area contributed by atoms with E-state index in [2.05, 4.69) is 29.4 Å². The Balaban J connectivity index is 2.42. The van der Waals surface area contributed by atoms with Crippen molar-refractivity contribution in [3.8, 4) is 0 Å². The van der Waals surface area contributed by atoms with Crippen LogP contribution in [0.25, 0.3) is 0 Å². The van der Waals surface area contributed by atoms with E-state index < -0.39 is 0 Å². The number of nitrogens with one attached hydrogen (secondary N) is 1. The molecule has 1 heterocycles. The molecule has 0 spiro atoms. The van der Waals surface area contributed by atoms with Crippen molar-refractivity contribution < 1.29 is 4.79 Å². The molecule has 6 heteroatoms. The summed E-state index contributed by atoms with van der Waals surface area (Å²) in [6, 6.07) is 0. The zero-order chi connectivity index (χ0) is 11.3. The second-order valence-electron chi connectivity index (χ2n) is 3.34. The number of hydrogen-bond acceptors (Lipinski definition) is 5. The lowest BCUT2D eigenvalue weighted by Gasteiger charge is -2.11. The first-order chi connectivity index (χ1) is 7.17. The summed E-state index contributed by atoms with van der Waals surface area (Å²) in [5, 5.41) is 10.7. The van der Waals surface area contributed by atoms with Crippen molar-refractivity contribution in [3.05, 3.63) is 5.01 Å². The average molecular weight is 228 g/mol. The number of rotatable bonds is 5. The van der Waals surface area contributed by atoms with Crippen LogP contribution in [0.15, 0.2) is 0 Å². The maximum absolute atomic E-state index is 11.5. The summed E-state index contributed by atoms with van der Waals surface area (Å²) in [7, 11) is 0. The minimum atomic E-state index is -0.184. The molecule has 0 bridgehead atoms. The highest BCUT2D eigenvalue weighted by molar-refractivity contribution is 7.16. The molecule has 0 radical (unpaired) electrons. The molecule has 1 rings (SSSR count). The number of hydrogen-bond donors (Lipinski definition) is 2. The second-order valence-corrected chi connectivity index (χ2v) is 4.35. The van der Waals surface area contributed by atoms with Crippen molar-refractivity contribution in [3.63, 3.8) is 0 Å². The molecule has 0 fully saturated rings. The van der Waals surface area contributed by atoms with E-state index in [1.165, 1.54) is 0 Å². The Morgan fingerprint density at radius 3 is 2.60 bits per heavy atom. The van der Waals surface area contributed by atoms with E-state index in [1.54, 1.807) is 0 Å². The predicted molar refractivity (Wildman–Crippen MR) is 60.7 cm³/mol. The number of anilines is 1. The Morgan fingerprint density at radius 2 is 2.13 bits per heavy atom. The number of nitrogen functional groups attached to an aromatic ring is 1. The third kappa shape index (κ3) is 3.47. The largest absolute Gasteiger partial charge is 0.374 e. The van der Waals surface area contributed by atoms with Crippen molar-refractivity contribution in [2.75, 3.05) is 12.3 Å². The Hall–Kier alpha value is -1.17. The highest BCUT2D eigenvalue weighted by Gasteiger charge is 2.12. The summed E-state index contributed by atoms with van der Waals surface area (Å²) in [5.41, 5.74) is 5.39. The number of nitrogens with two attached hydrogens (primary N) is 1. The third-order valence-electron chi connectivity index (χ3n) is 2.34. The highest BCUT2D eigenvalue weighted by atomic mass is 32.1. The maximum Gasteiger partial charge on any atom is 0.282 e. The highest BCUT2D eigenvalue weighted by Crippen LogP contribution is 2.11. The molecule has 1 amide bonds. The minimum Gasteiger partial charge on any atom is -0.374 e. The van der Waals surface area contributed by atoms with Gasteiger partial charge < -0.3 is 11.1 Å². The van der Waals surface area contributed by atoms with Gasteiger partial charge in [0.15, 0.2) is 0 Å². The fourth-order valence-electron chi connectivity index (χ4n) is 1.22. The van der Waals surface area contributed by atoms with Crippen LogP contribution in [0.3, 0.4) is 0 Å². The fourth-order valence-corrected chi connectivity index (χ4v) is 1.74. The summed E-state index contributed by atoms with van der Waals surface area (Å²) < 4.78 is 0. The van der Waals surface area contributed by atoms with Gasteiger partial charge in [0.2, 0.25) is 10.1 Å². The van der Waals surface area contributed by atoms with Gasteiger partial charge in [-0.1, -0.05) is 38.0 Å². The van der Waals surface area contributed by atoms with Gasteiger partial charge in [-0.05, 0) is 5.92 Å². The molecular formula is C9H16N4OS. The summed E-state index contributed by atoms with van der Waals surface area (Å²) in [6.45, 7) is 4.91. The number of aromatic nitrogens is 2. The third-order valence-corrected chi connectivity index (χ3v) is 3.09. The van der Waals surface area contributed by atoms with E-state index >= 15 is 0 Å². The van der Waals surface area contributed by atoms with Crippen LogP contribution in [-0.2, 0) is 0 Å². The zero-order valence-corrected chi connectivity index (χ0v) is 9.80. The van der Waals surface area contributed by atoms with E-state index in [1.807, 2.05) is 0 Å². The van der Waals surface area contributed by atoms with E-state index in [-0.39, 0.29) is 5.91 Å². The Kier molecular flexibility index (Phi) is 4.48. The summed E-state index contributed by atoms with van der Waals surface area (Å²) in [5.74, 6) is 0.343. The molecule has 5 nitrogen and oxygen atoms in total. The fraction of sp³-hybridized carbons (Fsp3) is 0.667. The molecule has 0 atom stereocenters. The van der Waals surface area contributed by atoms with Crippen molar-refractivity contribution in [1.82, 2.24) is 15.5 Å². The van der Waals surface area contributed by atoms with Crippen LogP contribution in [0, 0.1) is 5.92 Å². The lowest BCUT2D eigenvalue weighted by Crippen LogP contribution is -2.28. The van der Waals surface area contributed by atoms with Crippen molar-refractivity contribution in [1.29, 1.82) is 0 Å². The van der Waals surface area contributed by atoms with Crippen molar-refractivity contribution in [2.45, 2.75) is 26.7 Å². The smallest absolute Gasteiger partial charge is 0.282 e. The Morgan fingerprint density at radius 1 is 1.47 bits per heavy atom. The molecule has 3 N–H and O–H groups in total. The molecular weight excluding hydrogens is 212 g/mol. The summed E-state index contributed by atoms with van der Waals surface area (Å²) >= 11 is 1.11. The molecule has 1 aromatic rings. The maximum atomic E-state index is 11.5. The molecule has 0 saturated heterocycles. The van der Waals surface area contributed by atoms with Gasteiger partial charge in [-0.3, -0.25) is 4.79 Å². The van der Waals surface area contributed by atoms with Gasteiger partial charge in [-0.15, -0.1) is 10.2 Å². The Labute approximate surface area is 93.1 Å². The quantitative estimate of drug-likeness (QED) is 0.795. The number of carbonyl (C=O) groups is 1. The number of carbonyl (C=O) groups excluding carboxylic acids is 1. The van der Waals surface area contributed by atoms with Crippen LogP contribution in [0.1, 0.15) is 36.5 Å². The van der Waals surface area contributed by atoms with Gasteiger partial charge in [0.05, 0.1) is 0 Å². The lowest BCUT2D eigenvalue weighted by atomic mass is 10.0. The topological polar surface area (TPSA) is 80.9 Å². The first-order valence-corrected chi connectivity index (χ1v) is 5.86. The van der Waals surface area contributed by atoms with Gasteiger partial charge in [0.1, 0.15) is 0 Å². The van der Waals surface area contributed by atoms with Crippen LogP contribution in [0.4, 0.5) is 5.13 Å². The monoisotopic (exact) mass is 228 g/mol. The van der Waals surface area contributed by atoms with Crippen LogP contribution in [0.2, 0.25) is 0 Å². The second kappa shape index (κ2) is 5.65. The molecule has 15 heavy (non-hydrogen) atoms. The summed E-state index contributed by atoms with van der Waals surface area (Å²) in [6.07, 6.45) is 2.13. The normalized spacial score (nSPS) is 10.6. The lowest BCUT2D eigenvalue weighted by molar-refractivity contribution is 0.0945. The zero-order valence-electron chi connectivity index (χ0n) is 8.99. The van der Waals surface area contributed by atoms with E-state index in [4.69, 9.17) is 5.73 Å². The molecule has 0 aliphatic heterocycles. The average Bonchev–Trinajstić information content (AvgIpc) is 2.66. The van der Waals surface area contributed by atoms with Crippen molar-refractivity contribution >= 4 is 22.4 Å². The standard InChI is InChI=1S/C9H16N4OS/c1-3-6(4-2)5-11-7(14)8-12-13-9(10)15-8/h6H,3-5H2,1-2H3,(H2,10,13)(H,11,14). The first-order valence-electron chi connectivity index (χ1n) is 5.04.